The van der Waals surface area contributed by atoms with Gasteiger partial charge in [0, 0.05) is 42.9 Å². The second-order valence-corrected chi connectivity index (χ2v) is 8.45. The highest BCUT2D eigenvalue weighted by molar-refractivity contribution is 5.77. The minimum Gasteiger partial charge on any atom is -0.497 e. The first-order chi connectivity index (χ1) is 12.9. The fourth-order valence-corrected chi connectivity index (χ4v) is 3.49. The van der Waals surface area contributed by atoms with Crippen LogP contribution in [0.2, 0.25) is 0 Å². The summed E-state index contributed by atoms with van der Waals surface area (Å²) in [5.74, 6) is 2.04. The molecule has 1 fully saturated rings. The van der Waals surface area contributed by atoms with E-state index in [4.69, 9.17) is 9.72 Å². The maximum Gasteiger partial charge on any atom is 0.223 e. The van der Waals surface area contributed by atoms with Crippen LogP contribution in [0.1, 0.15) is 51.6 Å². The zero-order valence-corrected chi connectivity index (χ0v) is 16.7. The van der Waals surface area contributed by atoms with Gasteiger partial charge in [0.1, 0.15) is 5.75 Å². The maximum absolute atomic E-state index is 12.6. The van der Waals surface area contributed by atoms with Gasteiger partial charge in [-0.25, -0.2) is 9.97 Å². The highest BCUT2D eigenvalue weighted by Gasteiger charge is 2.28. The molecule has 2 heterocycles. The van der Waals surface area contributed by atoms with Crippen LogP contribution in [-0.4, -0.2) is 41.0 Å². The smallest absolute Gasteiger partial charge is 0.223 e. The van der Waals surface area contributed by atoms with Gasteiger partial charge in [-0.3, -0.25) is 4.79 Å². The Morgan fingerprint density at radius 1 is 1.22 bits per heavy atom. The molecule has 0 bridgehead atoms. The average molecular weight is 367 g/mol. The van der Waals surface area contributed by atoms with Crippen molar-refractivity contribution in [2.24, 2.45) is 5.41 Å². The number of nitrogens with zero attached hydrogens (tertiary/aromatic N) is 3. The molecule has 1 aromatic carbocycles. The summed E-state index contributed by atoms with van der Waals surface area (Å²) in [6.45, 7) is 7.92. The van der Waals surface area contributed by atoms with E-state index < -0.39 is 0 Å². The predicted octanol–water partition coefficient (Wildman–Crippen LogP) is 4.29. The third-order valence-corrected chi connectivity index (χ3v) is 4.90. The number of carbonyl (C=O) groups is 1. The number of hydrogen-bond donors (Lipinski definition) is 0. The molecule has 0 saturated carbocycles. The van der Waals surface area contributed by atoms with Crippen LogP contribution in [-0.2, 0) is 4.79 Å². The van der Waals surface area contributed by atoms with Crippen LogP contribution < -0.4 is 4.74 Å². The fraction of sp³-hybridized carbons (Fsp3) is 0.500. The van der Waals surface area contributed by atoms with E-state index in [0.717, 1.165) is 42.9 Å². The summed E-state index contributed by atoms with van der Waals surface area (Å²) >= 11 is 0. The van der Waals surface area contributed by atoms with Crippen LogP contribution in [0, 0.1) is 5.41 Å². The van der Waals surface area contributed by atoms with Gasteiger partial charge in [0.15, 0.2) is 5.82 Å². The van der Waals surface area contributed by atoms with Gasteiger partial charge in [-0.1, -0.05) is 20.8 Å². The first-order valence-corrected chi connectivity index (χ1v) is 9.61. The lowest BCUT2D eigenvalue weighted by atomic mass is 9.89. The number of piperidine rings is 1. The van der Waals surface area contributed by atoms with E-state index in [2.05, 4.69) is 25.8 Å². The van der Waals surface area contributed by atoms with Crippen LogP contribution in [0.3, 0.4) is 0 Å². The molecule has 0 N–H and O–H groups in total. The van der Waals surface area contributed by atoms with Crippen molar-refractivity contribution in [3.05, 3.63) is 42.2 Å². The summed E-state index contributed by atoms with van der Waals surface area (Å²) in [7, 11) is 1.65. The Hall–Kier alpha value is -2.43. The van der Waals surface area contributed by atoms with E-state index in [-0.39, 0.29) is 17.2 Å². The number of amides is 1. The molecule has 1 amide bonds. The number of benzene rings is 1. The Morgan fingerprint density at radius 2 is 1.96 bits per heavy atom. The van der Waals surface area contributed by atoms with Crippen molar-refractivity contribution in [3.8, 4) is 17.1 Å². The fourth-order valence-electron chi connectivity index (χ4n) is 3.49. The van der Waals surface area contributed by atoms with E-state index in [0.29, 0.717) is 12.2 Å². The van der Waals surface area contributed by atoms with Gasteiger partial charge in [0.2, 0.25) is 5.91 Å². The number of ether oxygens (including phenoxy) is 1. The molecule has 0 radical (unpaired) electrons. The lowest BCUT2D eigenvalue weighted by molar-refractivity contribution is -0.134. The molecule has 27 heavy (non-hydrogen) atoms. The highest BCUT2D eigenvalue weighted by atomic mass is 16.5. The highest BCUT2D eigenvalue weighted by Crippen LogP contribution is 2.29. The zero-order valence-electron chi connectivity index (χ0n) is 16.7. The largest absolute Gasteiger partial charge is 0.497 e. The molecule has 1 atom stereocenters. The Kier molecular flexibility index (Phi) is 5.78. The van der Waals surface area contributed by atoms with E-state index in [1.807, 2.05) is 41.4 Å². The van der Waals surface area contributed by atoms with Crippen LogP contribution in [0.4, 0.5) is 0 Å². The maximum atomic E-state index is 12.6. The molecule has 2 aromatic rings. The molecule has 144 valence electrons. The molecule has 1 unspecified atom stereocenters. The van der Waals surface area contributed by atoms with Gasteiger partial charge in [-0.15, -0.1) is 0 Å². The predicted molar refractivity (Wildman–Crippen MR) is 107 cm³/mol. The number of rotatable bonds is 4. The Morgan fingerprint density at radius 3 is 2.63 bits per heavy atom. The normalized spacial score (nSPS) is 17.6. The number of methoxy groups -OCH3 is 1. The molecule has 1 aromatic heterocycles. The summed E-state index contributed by atoms with van der Waals surface area (Å²) in [5.41, 5.74) is 2.00. The van der Waals surface area contributed by atoms with Crippen molar-refractivity contribution in [3.63, 3.8) is 0 Å². The third kappa shape index (κ3) is 5.06. The molecular formula is C22H29N3O2. The van der Waals surface area contributed by atoms with Crippen molar-refractivity contribution in [1.29, 1.82) is 0 Å². The van der Waals surface area contributed by atoms with E-state index in [1.165, 1.54) is 0 Å². The van der Waals surface area contributed by atoms with Crippen molar-refractivity contribution in [2.75, 3.05) is 20.2 Å². The molecule has 1 aliphatic rings. The lowest BCUT2D eigenvalue weighted by Gasteiger charge is -2.34. The standard InChI is InChI=1S/C22H29N3O2/c1-22(2,3)14-20(26)25-13-5-6-17(15-25)19-11-12-23-21(24-19)16-7-9-18(27-4)10-8-16/h7-12,17H,5-6,13-15H2,1-4H3. The Bertz CT molecular complexity index is 781. The summed E-state index contributed by atoms with van der Waals surface area (Å²) in [6.07, 6.45) is 4.47. The number of hydrogen-bond acceptors (Lipinski definition) is 4. The van der Waals surface area contributed by atoms with Crippen molar-refractivity contribution in [2.45, 2.75) is 46.0 Å². The second kappa shape index (κ2) is 8.07. The van der Waals surface area contributed by atoms with Crippen LogP contribution in [0.25, 0.3) is 11.4 Å². The minimum atomic E-state index is 0.0144. The van der Waals surface area contributed by atoms with Gasteiger partial charge in [0.25, 0.3) is 0 Å². The van der Waals surface area contributed by atoms with E-state index >= 15 is 0 Å². The van der Waals surface area contributed by atoms with Crippen molar-refractivity contribution in [1.82, 2.24) is 14.9 Å². The molecular weight excluding hydrogens is 338 g/mol. The van der Waals surface area contributed by atoms with Crippen LogP contribution in [0.15, 0.2) is 36.5 Å². The van der Waals surface area contributed by atoms with Crippen molar-refractivity contribution < 1.29 is 9.53 Å². The van der Waals surface area contributed by atoms with Gasteiger partial charge >= 0.3 is 0 Å². The summed E-state index contributed by atoms with van der Waals surface area (Å²) < 4.78 is 5.21. The molecule has 3 rings (SSSR count). The quantitative estimate of drug-likeness (QED) is 0.809. The molecule has 5 heteroatoms. The number of aromatic nitrogens is 2. The second-order valence-electron chi connectivity index (χ2n) is 8.45. The summed E-state index contributed by atoms with van der Waals surface area (Å²) in [5, 5.41) is 0. The van der Waals surface area contributed by atoms with Gasteiger partial charge in [-0.05, 0) is 48.6 Å². The molecule has 1 aliphatic heterocycles. The molecule has 1 saturated heterocycles. The monoisotopic (exact) mass is 367 g/mol. The molecule has 0 aliphatic carbocycles. The van der Waals surface area contributed by atoms with Crippen LogP contribution in [0.5, 0.6) is 5.75 Å². The third-order valence-electron chi connectivity index (χ3n) is 4.90. The van der Waals surface area contributed by atoms with Crippen LogP contribution >= 0.6 is 0 Å². The minimum absolute atomic E-state index is 0.0144. The first-order valence-electron chi connectivity index (χ1n) is 9.61. The summed E-state index contributed by atoms with van der Waals surface area (Å²) in [4.78, 5) is 23.9. The molecule has 0 spiro atoms. The van der Waals surface area contributed by atoms with Gasteiger partial charge < -0.3 is 9.64 Å². The van der Waals surface area contributed by atoms with Crippen molar-refractivity contribution >= 4 is 5.91 Å². The number of carbonyl (C=O) groups excluding carboxylic acids is 1. The average Bonchev–Trinajstić information content (AvgIpc) is 2.67. The molecule has 5 nitrogen and oxygen atoms in total. The first kappa shape index (κ1) is 19.3. The van der Waals surface area contributed by atoms with E-state index in [9.17, 15) is 4.79 Å². The van der Waals surface area contributed by atoms with Gasteiger partial charge in [0.05, 0.1) is 7.11 Å². The Balaban J connectivity index is 1.75. The lowest BCUT2D eigenvalue weighted by Crippen LogP contribution is -2.40. The SMILES string of the molecule is COc1ccc(-c2nccc(C3CCCN(C(=O)CC(C)(C)C)C3)n2)cc1. The van der Waals surface area contributed by atoms with E-state index in [1.54, 1.807) is 7.11 Å². The topological polar surface area (TPSA) is 55.3 Å². The number of likely N-dealkylation sites (tertiary alicyclic amines) is 1. The Labute approximate surface area is 161 Å². The van der Waals surface area contributed by atoms with Gasteiger partial charge in [-0.2, -0.15) is 0 Å². The zero-order chi connectivity index (χ0) is 19.4. The summed E-state index contributed by atoms with van der Waals surface area (Å²) in [6, 6.07) is 9.75.